The van der Waals surface area contributed by atoms with Gasteiger partial charge in [-0.2, -0.15) is 0 Å². The van der Waals surface area contributed by atoms with E-state index < -0.39 is 0 Å². The molecule has 1 saturated heterocycles. The number of benzene rings is 2. The largest absolute Gasteiger partial charge is 0.403 e. The number of hydrogen-bond acceptors (Lipinski definition) is 6. The number of rotatable bonds is 4. The summed E-state index contributed by atoms with van der Waals surface area (Å²) in [5.41, 5.74) is 14.1. The number of likely N-dealkylation sites (tertiary alicyclic amines) is 1. The zero-order valence-electron chi connectivity index (χ0n) is 20.1. The first-order chi connectivity index (χ1) is 17.2. The van der Waals surface area contributed by atoms with E-state index in [1.807, 2.05) is 0 Å². The Balaban J connectivity index is 0.000000815. The van der Waals surface area contributed by atoms with Gasteiger partial charge in [-0.05, 0) is 104 Å². The van der Waals surface area contributed by atoms with Crippen LogP contribution in [0.3, 0.4) is 0 Å². The SMILES string of the molecule is Cc1ccc2c(C3CCN(CCc4cccc5c4C=C/C(=C/N)N5)CC3)cccc2n1.NCl.NCl. The van der Waals surface area contributed by atoms with E-state index in [0.717, 1.165) is 48.7 Å². The fourth-order valence-corrected chi connectivity index (χ4v) is 4.99. The van der Waals surface area contributed by atoms with Crippen LogP contribution < -0.4 is 21.6 Å². The lowest BCUT2D eigenvalue weighted by molar-refractivity contribution is 0.215. The average Bonchev–Trinajstić information content (AvgIpc) is 2.93. The highest BCUT2D eigenvalue weighted by Crippen LogP contribution is 2.33. The average molecular weight is 514 g/mol. The van der Waals surface area contributed by atoms with Crippen molar-refractivity contribution in [2.75, 3.05) is 25.0 Å². The number of allylic oxidation sites excluding steroid dienone is 1. The van der Waals surface area contributed by atoms with Gasteiger partial charge in [0, 0.05) is 35.1 Å². The van der Waals surface area contributed by atoms with Crippen LogP contribution in [0.5, 0.6) is 0 Å². The van der Waals surface area contributed by atoms with Gasteiger partial charge in [0.15, 0.2) is 0 Å². The van der Waals surface area contributed by atoms with Gasteiger partial charge in [-0.3, -0.25) is 4.98 Å². The molecule has 3 heterocycles. The second-order valence-corrected chi connectivity index (χ2v) is 8.69. The predicted molar refractivity (Wildman–Crippen MR) is 150 cm³/mol. The lowest BCUT2D eigenvalue weighted by Gasteiger charge is -2.33. The van der Waals surface area contributed by atoms with Gasteiger partial charge in [-0.25, -0.2) is 10.5 Å². The Morgan fingerprint density at radius 3 is 2.49 bits per heavy atom. The van der Waals surface area contributed by atoms with Crippen molar-refractivity contribution in [3.63, 3.8) is 0 Å². The molecule has 0 bridgehead atoms. The van der Waals surface area contributed by atoms with Gasteiger partial charge in [0.1, 0.15) is 0 Å². The molecule has 0 atom stereocenters. The molecule has 0 amide bonds. The van der Waals surface area contributed by atoms with Gasteiger partial charge in [0.05, 0.1) is 11.2 Å². The highest BCUT2D eigenvalue weighted by molar-refractivity contribution is 6.11. The molecule has 35 heavy (non-hydrogen) atoms. The molecular formula is C27H34Cl2N6. The third-order valence-corrected chi connectivity index (χ3v) is 6.71. The molecule has 0 aliphatic carbocycles. The van der Waals surface area contributed by atoms with Gasteiger partial charge >= 0.3 is 0 Å². The van der Waals surface area contributed by atoms with Crippen LogP contribution in [-0.2, 0) is 6.42 Å². The van der Waals surface area contributed by atoms with E-state index in [9.17, 15) is 0 Å². The smallest absolute Gasteiger partial charge is 0.0708 e. The highest BCUT2D eigenvalue weighted by atomic mass is 35.5. The lowest BCUT2D eigenvalue weighted by atomic mass is 9.87. The van der Waals surface area contributed by atoms with Gasteiger partial charge in [0.25, 0.3) is 0 Å². The molecule has 7 N–H and O–H groups in total. The van der Waals surface area contributed by atoms with Crippen molar-refractivity contribution in [2.24, 2.45) is 16.2 Å². The number of hydrogen-bond donors (Lipinski definition) is 4. The summed E-state index contributed by atoms with van der Waals surface area (Å²) >= 11 is 8.28. The van der Waals surface area contributed by atoms with Crippen molar-refractivity contribution in [3.8, 4) is 0 Å². The predicted octanol–water partition coefficient (Wildman–Crippen LogP) is 5.40. The number of nitrogens with zero attached hydrogens (tertiary/aromatic N) is 2. The standard InChI is InChI=1S/C27H30N4.2ClH2N/c1-19-8-10-25-23(5-3-7-27(25)29-19)21-13-16-31(17-14-21)15-12-20-4-2-6-26-24(20)11-9-22(18-28)30-26;2*1-2/h2-11,18,21,30H,12-17,28H2,1H3;2*2H2/b22-18-;;. The van der Waals surface area contributed by atoms with Gasteiger partial charge < -0.3 is 16.0 Å². The van der Waals surface area contributed by atoms with Crippen molar-refractivity contribution in [1.82, 2.24) is 9.88 Å². The van der Waals surface area contributed by atoms with Crippen molar-refractivity contribution in [3.05, 3.63) is 88.9 Å². The fourth-order valence-electron chi connectivity index (χ4n) is 4.99. The van der Waals surface area contributed by atoms with Crippen LogP contribution in [0.2, 0.25) is 0 Å². The Bertz CT molecular complexity index is 1170. The molecule has 0 saturated carbocycles. The summed E-state index contributed by atoms with van der Waals surface area (Å²) in [7, 11) is 0. The molecule has 0 unspecified atom stereocenters. The van der Waals surface area contributed by atoms with Crippen LogP contribution in [0.15, 0.2) is 66.5 Å². The number of aryl methyl sites for hydroxylation is 1. The third kappa shape index (κ3) is 6.54. The molecule has 5 rings (SSSR count). The first-order valence-corrected chi connectivity index (χ1v) is 12.6. The molecule has 0 spiro atoms. The molecule has 1 fully saturated rings. The maximum atomic E-state index is 5.66. The molecule has 2 aromatic carbocycles. The number of piperidine rings is 1. The number of anilines is 1. The molecule has 8 heteroatoms. The van der Waals surface area contributed by atoms with Crippen LogP contribution >= 0.6 is 23.6 Å². The van der Waals surface area contributed by atoms with Crippen molar-refractivity contribution in [1.29, 1.82) is 0 Å². The highest BCUT2D eigenvalue weighted by Gasteiger charge is 2.22. The van der Waals surface area contributed by atoms with Crippen LogP contribution in [0.1, 0.15) is 41.1 Å². The third-order valence-electron chi connectivity index (χ3n) is 6.71. The molecule has 2 aliphatic heterocycles. The van der Waals surface area contributed by atoms with Gasteiger partial charge in [-0.15, -0.1) is 0 Å². The van der Waals surface area contributed by atoms with E-state index in [-0.39, 0.29) is 0 Å². The Kier molecular flexibility index (Phi) is 10.4. The van der Waals surface area contributed by atoms with Crippen LogP contribution in [0, 0.1) is 6.92 Å². The number of halogens is 2. The van der Waals surface area contributed by atoms with E-state index in [4.69, 9.17) is 10.7 Å². The summed E-state index contributed by atoms with van der Waals surface area (Å²) < 4.78 is 0. The maximum absolute atomic E-state index is 5.66. The minimum Gasteiger partial charge on any atom is -0.403 e. The molecule has 186 valence electrons. The first kappa shape index (κ1) is 27.0. The lowest BCUT2D eigenvalue weighted by Crippen LogP contribution is -2.34. The minimum absolute atomic E-state index is 0.627. The van der Waals surface area contributed by atoms with E-state index >= 15 is 0 Å². The Labute approximate surface area is 218 Å². The molecule has 2 aliphatic rings. The summed E-state index contributed by atoms with van der Waals surface area (Å²) in [6.45, 7) is 5.48. The van der Waals surface area contributed by atoms with E-state index in [1.54, 1.807) is 6.20 Å². The fraction of sp³-hybridized carbons (Fsp3) is 0.296. The molecule has 6 nitrogen and oxygen atoms in total. The number of pyridine rings is 1. The second-order valence-electron chi connectivity index (χ2n) is 8.69. The normalized spacial score (nSPS) is 16.5. The summed E-state index contributed by atoms with van der Waals surface area (Å²) in [5, 5.41) is 12.7. The number of nitrogens with one attached hydrogen (secondary N) is 1. The minimum atomic E-state index is 0.627. The van der Waals surface area contributed by atoms with Crippen LogP contribution in [-0.4, -0.2) is 29.5 Å². The van der Waals surface area contributed by atoms with Crippen molar-refractivity contribution in [2.45, 2.75) is 32.1 Å². The van der Waals surface area contributed by atoms with Crippen LogP contribution in [0.4, 0.5) is 5.69 Å². The Morgan fingerprint density at radius 2 is 1.74 bits per heavy atom. The molecule has 0 radical (unpaired) electrons. The number of fused-ring (bicyclic) bond motifs is 2. The second kappa shape index (κ2) is 13.5. The van der Waals surface area contributed by atoms with E-state index in [0.29, 0.717) is 5.92 Å². The van der Waals surface area contributed by atoms with E-state index in [1.165, 1.54) is 34.9 Å². The molecule has 3 aromatic rings. The molecular weight excluding hydrogens is 479 g/mol. The maximum Gasteiger partial charge on any atom is 0.0708 e. The van der Waals surface area contributed by atoms with E-state index in [2.05, 4.69) is 112 Å². The van der Waals surface area contributed by atoms with Gasteiger partial charge in [-0.1, -0.05) is 36.4 Å². The van der Waals surface area contributed by atoms with Gasteiger partial charge in [0.2, 0.25) is 0 Å². The quantitative estimate of drug-likeness (QED) is 0.348. The summed E-state index contributed by atoms with van der Waals surface area (Å²) in [6.07, 6.45) is 9.35. The first-order valence-electron chi connectivity index (χ1n) is 11.7. The summed E-state index contributed by atoms with van der Waals surface area (Å²) in [5.74, 6) is 0.627. The Morgan fingerprint density at radius 1 is 1.00 bits per heavy atom. The summed E-state index contributed by atoms with van der Waals surface area (Å²) in [4.78, 5) is 7.34. The topological polar surface area (TPSA) is 106 Å². The number of aromatic nitrogens is 1. The number of nitrogens with two attached hydrogens (primary N) is 3. The molecule has 1 aromatic heterocycles. The monoisotopic (exact) mass is 512 g/mol. The zero-order valence-corrected chi connectivity index (χ0v) is 21.6. The summed E-state index contributed by atoms with van der Waals surface area (Å²) in [6, 6.07) is 17.5. The van der Waals surface area contributed by atoms with Crippen molar-refractivity contribution >= 4 is 46.2 Å². The van der Waals surface area contributed by atoms with Crippen molar-refractivity contribution < 1.29 is 0 Å². The van der Waals surface area contributed by atoms with Crippen LogP contribution in [0.25, 0.3) is 17.0 Å². The Hall–Kier alpha value is -2.61. The zero-order chi connectivity index (χ0) is 25.2.